The van der Waals surface area contributed by atoms with Gasteiger partial charge in [-0.1, -0.05) is 6.07 Å². The lowest BCUT2D eigenvalue weighted by atomic mass is 10.0. The fourth-order valence-electron chi connectivity index (χ4n) is 2.17. The highest BCUT2D eigenvalue weighted by Crippen LogP contribution is 2.47. The molecule has 0 radical (unpaired) electrons. The van der Waals surface area contributed by atoms with E-state index in [0.29, 0.717) is 16.3 Å². The molecule has 0 aliphatic carbocycles. The van der Waals surface area contributed by atoms with Gasteiger partial charge < -0.3 is 9.05 Å². The maximum Gasteiger partial charge on any atom is 0.361 e. The Balaban J connectivity index is 2.62. The molecule has 0 atom stereocenters. The van der Waals surface area contributed by atoms with Crippen LogP contribution in [-0.2, 0) is 13.6 Å². The van der Waals surface area contributed by atoms with Crippen molar-refractivity contribution in [1.82, 2.24) is 0 Å². The molecule has 5 nitrogen and oxygen atoms in total. The Kier molecular flexibility index (Phi) is 4.96. The number of hydrogen-bond donors (Lipinski definition) is 0. The van der Waals surface area contributed by atoms with Crippen LogP contribution in [0.1, 0.15) is 25.0 Å². The van der Waals surface area contributed by atoms with Crippen molar-refractivity contribution in [2.24, 2.45) is 0 Å². The van der Waals surface area contributed by atoms with Gasteiger partial charge in [0.15, 0.2) is 0 Å². The minimum absolute atomic E-state index is 0.270. The Hall–Kier alpha value is -2.17. The molecule has 112 valence electrons. The first-order chi connectivity index (χ1) is 10.6. The summed E-state index contributed by atoms with van der Waals surface area (Å²) in [5.74, 6) is 0. The van der Waals surface area contributed by atoms with Crippen LogP contribution < -0.4 is 5.30 Å². The molecule has 0 unspecified atom stereocenters. The molecule has 2 rings (SSSR count). The zero-order chi connectivity index (χ0) is 16.2. The van der Waals surface area contributed by atoms with Crippen molar-refractivity contribution < 1.29 is 13.6 Å². The molecule has 0 amide bonds. The van der Waals surface area contributed by atoms with Gasteiger partial charge in [0.25, 0.3) is 0 Å². The van der Waals surface area contributed by atoms with E-state index in [1.807, 2.05) is 12.1 Å². The number of benzene rings is 2. The van der Waals surface area contributed by atoms with Crippen LogP contribution in [-0.4, -0.2) is 13.2 Å². The maximum absolute atomic E-state index is 12.8. The van der Waals surface area contributed by atoms with E-state index in [2.05, 4.69) is 0 Å². The summed E-state index contributed by atoms with van der Waals surface area (Å²) in [6, 6.07) is 12.3. The van der Waals surface area contributed by atoms with Gasteiger partial charge in [-0.2, -0.15) is 10.5 Å². The lowest BCUT2D eigenvalue weighted by molar-refractivity contribution is 0.230. The Morgan fingerprint density at radius 1 is 0.955 bits per heavy atom. The summed E-state index contributed by atoms with van der Waals surface area (Å²) in [6.45, 7) is 4.04. The van der Waals surface area contributed by atoms with Gasteiger partial charge in [-0.3, -0.25) is 4.57 Å². The zero-order valence-electron chi connectivity index (χ0n) is 12.4. The molecule has 0 fully saturated rings. The highest BCUT2D eigenvalue weighted by molar-refractivity contribution is 7.62. The molecular formula is C16H15N2O3P. The first-order valence-electron chi connectivity index (χ1n) is 6.85. The van der Waals surface area contributed by atoms with Gasteiger partial charge in [-0.25, -0.2) is 0 Å². The van der Waals surface area contributed by atoms with Crippen LogP contribution >= 0.6 is 7.60 Å². The number of fused-ring (bicyclic) bond motifs is 1. The SMILES string of the molecule is CCOP(=O)(OCC)c1ccc2cc(C#N)c(C#N)cc2c1. The molecule has 0 saturated heterocycles. The van der Waals surface area contributed by atoms with E-state index in [0.717, 1.165) is 5.39 Å². The molecule has 0 aromatic heterocycles. The largest absolute Gasteiger partial charge is 0.361 e. The normalized spacial score (nSPS) is 11.1. The van der Waals surface area contributed by atoms with Crippen molar-refractivity contribution in [2.75, 3.05) is 13.2 Å². The van der Waals surface area contributed by atoms with Gasteiger partial charge >= 0.3 is 7.60 Å². The average Bonchev–Trinajstić information content (AvgIpc) is 2.53. The molecule has 0 bridgehead atoms. The van der Waals surface area contributed by atoms with Crippen LogP contribution in [0.3, 0.4) is 0 Å². The van der Waals surface area contributed by atoms with Crippen LogP contribution in [0, 0.1) is 22.7 Å². The van der Waals surface area contributed by atoms with E-state index >= 15 is 0 Å². The number of nitrogens with zero attached hydrogens (tertiary/aromatic N) is 2. The summed E-state index contributed by atoms with van der Waals surface area (Å²) >= 11 is 0. The summed E-state index contributed by atoms with van der Waals surface area (Å²) < 4.78 is 23.4. The monoisotopic (exact) mass is 314 g/mol. The zero-order valence-corrected chi connectivity index (χ0v) is 13.3. The lowest BCUT2D eigenvalue weighted by Gasteiger charge is -2.17. The first kappa shape index (κ1) is 16.2. The third kappa shape index (κ3) is 3.03. The van der Waals surface area contributed by atoms with Gasteiger partial charge in [0.2, 0.25) is 0 Å². The third-order valence-corrected chi connectivity index (χ3v) is 5.22. The fraction of sp³-hybridized carbons (Fsp3) is 0.250. The second kappa shape index (κ2) is 6.73. The minimum Gasteiger partial charge on any atom is -0.305 e. The molecule has 0 aliphatic rings. The van der Waals surface area contributed by atoms with Crippen molar-refractivity contribution in [3.05, 3.63) is 41.5 Å². The predicted molar refractivity (Wildman–Crippen MR) is 83.9 cm³/mol. The van der Waals surface area contributed by atoms with Gasteiger partial charge in [0.1, 0.15) is 12.1 Å². The second-order valence-electron chi connectivity index (χ2n) is 4.49. The molecular weight excluding hydrogens is 299 g/mol. The fourth-order valence-corrected chi connectivity index (χ4v) is 3.77. The van der Waals surface area contributed by atoms with Crippen molar-refractivity contribution in [1.29, 1.82) is 10.5 Å². The van der Waals surface area contributed by atoms with Gasteiger partial charge in [0.05, 0.1) is 29.6 Å². The van der Waals surface area contributed by atoms with Crippen molar-refractivity contribution >= 4 is 23.7 Å². The Morgan fingerprint density at radius 2 is 1.50 bits per heavy atom. The summed E-state index contributed by atoms with van der Waals surface area (Å²) in [5.41, 5.74) is 0.607. The molecule has 6 heteroatoms. The first-order valence-corrected chi connectivity index (χ1v) is 8.40. The van der Waals surface area contributed by atoms with Crippen LogP contribution in [0.2, 0.25) is 0 Å². The summed E-state index contributed by atoms with van der Waals surface area (Å²) in [6.07, 6.45) is 0. The second-order valence-corrected chi connectivity index (χ2v) is 6.51. The lowest BCUT2D eigenvalue weighted by Crippen LogP contribution is -2.10. The van der Waals surface area contributed by atoms with Crippen LogP contribution in [0.25, 0.3) is 10.8 Å². The Bertz CT molecular complexity index is 824. The van der Waals surface area contributed by atoms with Crippen LogP contribution in [0.5, 0.6) is 0 Å². The van der Waals surface area contributed by atoms with Crippen molar-refractivity contribution in [3.63, 3.8) is 0 Å². The standard InChI is InChI=1S/C16H15N2O3P/c1-3-20-22(19,21-4-2)16-6-5-12-7-14(10-17)15(11-18)8-13(12)9-16/h5-9H,3-4H2,1-2H3. The molecule has 2 aromatic carbocycles. The molecule has 0 saturated carbocycles. The van der Waals surface area contributed by atoms with Crippen LogP contribution in [0.15, 0.2) is 30.3 Å². The summed E-state index contributed by atoms with van der Waals surface area (Å²) in [7, 11) is -3.37. The van der Waals surface area contributed by atoms with Gasteiger partial charge in [-0.15, -0.1) is 0 Å². The number of hydrogen-bond acceptors (Lipinski definition) is 5. The smallest absolute Gasteiger partial charge is 0.305 e. The number of nitriles is 2. The summed E-state index contributed by atoms with van der Waals surface area (Å²) in [5, 5.41) is 20.1. The van der Waals surface area contributed by atoms with Gasteiger partial charge in [0, 0.05) is 0 Å². The minimum atomic E-state index is -3.37. The molecule has 0 spiro atoms. The molecule has 22 heavy (non-hydrogen) atoms. The van der Waals surface area contributed by atoms with E-state index < -0.39 is 7.60 Å². The van der Waals surface area contributed by atoms with E-state index in [-0.39, 0.29) is 18.8 Å². The third-order valence-electron chi connectivity index (χ3n) is 3.12. The molecule has 0 heterocycles. The van der Waals surface area contributed by atoms with E-state index in [9.17, 15) is 4.57 Å². The molecule has 0 aliphatic heterocycles. The van der Waals surface area contributed by atoms with E-state index in [1.54, 1.807) is 44.2 Å². The van der Waals surface area contributed by atoms with Crippen molar-refractivity contribution in [2.45, 2.75) is 13.8 Å². The average molecular weight is 314 g/mol. The van der Waals surface area contributed by atoms with Gasteiger partial charge in [-0.05, 0) is 48.9 Å². The molecule has 0 N–H and O–H groups in total. The highest BCUT2D eigenvalue weighted by atomic mass is 31.2. The summed E-state index contributed by atoms with van der Waals surface area (Å²) in [4.78, 5) is 0. The number of rotatable bonds is 5. The predicted octanol–water partition coefficient (Wildman–Crippen LogP) is 3.47. The maximum atomic E-state index is 12.8. The van der Waals surface area contributed by atoms with E-state index in [4.69, 9.17) is 19.6 Å². The topological polar surface area (TPSA) is 83.1 Å². The van der Waals surface area contributed by atoms with Crippen molar-refractivity contribution in [3.8, 4) is 12.1 Å². The Morgan fingerprint density at radius 3 is 2.00 bits per heavy atom. The quantitative estimate of drug-likeness (QED) is 0.789. The molecule has 2 aromatic rings. The van der Waals surface area contributed by atoms with Crippen LogP contribution in [0.4, 0.5) is 0 Å². The Labute approximate surface area is 129 Å². The van der Waals surface area contributed by atoms with E-state index in [1.165, 1.54) is 0 Å². The highest BCUT2D eigenvalue weighted by Gasteiger charge is 2.26.